The summed E-state index contributed by atoms with van der Waals surface area (Å²) in [5.74, 6) is 0.199. The summed E-state index contributed by atoms with van der Waals surface area (Å²) in [5, 5.41) is 3.51. The minimum absolute atomic E-state index is 0.0856. The molecule has 1 fully saturated rings. The summed E-state index contributed by atoms with van der Waals surface area (Å²) in [6.45, 7) is 2.16. The van der Waals surface area contributed by atoms with E-state index >= 15 is 0 Å². The first-order valence-electron chi connectivity index (χ1n) is 6.60. The number of ether oxygens (including phenoxy) is 1. The van der Waals surface area contributed by atoms with E-state index in [0.717, 1.165) is 31.6 Å². The quantitative estimate of drug-likeness (QED) is 0.833. The van der Waals surface area contributed by atoms with Gasteiger partial charge in [-0.2, -0.15) is 0 Å². The molecule has 2 rings (SSSR count). The van der Waals surface area contributed by atoms with Gasteiger partial charge >= 0.3 is 0 Å². The molecule has 5 nitrogen and oxygen atoms in total. The molecule has 1 heterocycles. The third-order valence-electron chi connectivity index (χ3n) is 3.30. The average Bonchev–Trinajstić information content (AvgIpc) is 2.40. The molecule has 1 aromatic rings. The monoisotopic (exact) mass is 263 g/mol. The van der Waals surface area contributed by atoms with E-state index in [1.807, 2.05) is 24.3 Å². The predicted molar refractivity (Wildman–Crippen MR) is 75.3 cm³/mol. The van der Waals surface area contributed by atoms with Crippen LogP contribution in [0.1, 0.15) is 12.8 Å². The van der Waals surface area contributed by atoms with Gasteiger partial charge in [-0.15, -0.1) is 0 Å². The van der Waals surface area contributed by atoms with E-state index in [1.165, 1.54) is 0 Å². The first-order chi connectivity index (χ1) is 9.13. The van der Waals surface area contributed by atoms with Crippen LogP contribution in [0.4, 0.5) is 5.69 Å². The Hall–Kier alpha value is -1.75. The van der Waals surface area contributed by atoms with Crippen molar-refractivity contribution in [2.24, 2.45) is 5.73 Å². The Bertz CT molecular complexity index is 428. The molecule has 0 aromatic heterocycles. The van der Waals surface area contributed by atoms with E-state index in [-0.39, 0.29) is 6.61 Å². The number of nitrogens with zero attached hydrogens (tertiary/aromatic N) is 1. The van der Waals surface area contributed by atoms with Gasteiger partial charge in [0.25, 0.3) is 5.91 Å². The van der Waals surface area contributed by atoms with Gasteiger partial charge in [-0.3, -0.25) is 4.79 Å². The summed E-state index contributed by atoms with van der Waals surface area (Å²) >= 11 is 0. The number of rotatable bonds is 5. The van der Waals surface area contributed by atoms with E-state index < -0.39 is 5.91 Å². The lowest BCUT2D eigenvalue weighted by Gasteiger charge is -2.30. The van der Waals surface area contributed by atoms with Gasteiger partial charge in [-0.1, -0.05) is 6.07 Å². The lowest BCUT2D eigenvalue weighted by Crippen LogP contribution is -2.36. The van der Waals surface area contributed by atoms with Crippen LogP contribution in [-0.2, 0) is 4.79 Å². The molecular weight excluding hydrogens is 242 g/mol. The lowest BCUT2D eigenvalue weighted by atomic mass is 10.1. The number of benzene rings is 1. The minimum Gasteiger partial charge on any atom is -0.484 e. The zero-order valence-corrected chi connectivity index (χ0v) is 11.3. The molecule has 0 bridgehead atoms. The molecule has 19 heavy (non-hydrogen) atoms. The highest BCUT2D eigenvalue weighted by Crippen LogP contribution is 2.20. The van der Waals surface area contributed by atoms with Gasteiger partial charge in [0, 0.05) is 17.8 Å². The largest absolute Gasteiger partial charge is 0.484 e. The predicted octanol–water partition coefficient (Wildman–Crippen LogP) is 1.06. The van der Waals surface area contributed by atoms with E-state index in [9.17, 15) is 4.79 Å². The molecule has 0 unspecified atom stereocenters. The number of primary amides is 1. The number of hydrogen-bond acceptors (Lipinski definition) is 4. The molecule has 1 saturated heterocycles. The summed E-state index contributed by atoms with van der Waals surface area (Å²) in [4.78, 5) is 13.0. The standard InChI is InChI=1S/C14H21N3O2/c1-17-7-5-11(6-8-17)16-12-3-2-4-13(9-12)19-10-14(15)18/h2-4,9,11,16H,5-8,10H2,1H3,(H2,15,18). The minimum atomic E-state index is -0.464. The third kappa shape index (κ3) is 4.44. The maximum Gasteiger partial charge on any atom is 0.255 e. The second-order valence-electron chi connectivity index (χ2n) is 5.00. The van der Waals surface area contributed by atoms with Crippen molar-refractivity contribution < 1.29 is 9.53 Å². The first-order valence-corrected chi connectivity index (χ1v) is 6.60. The summed E-state index contributed by atoms with van der Waals surface area (Å²) in [6.07, 6.45) is 2.28. The molecular formula is C14H21N3O2. The van der Waals surface area contributed by atoms with Gasteiger partial charge in [0.1, 0.15) is 5.75 Å². The van der Waals surface area contributed by atoms with Crippen molar-refractivity contribution in [1.29, 1.82) is 0 Å². The highest BCUT2D eigenvalue weighted by atomic mass is 16.5. The van der Waals surface area contributed by atoms with Crippen molar-refractivity contribution in [2.75, 3.05) is 32.1 Å². The normalized spacial score (nSPS) is 17.1. The summed E-state index contributed by atoms with van der Waals surface area (Å²) < 4.78 is 5.29. The van der Waals surface area contributed by atoms with Crippen LogP contribution in [0.2, 0.25) is 0 Å². The Morgan fingerprint density at radius 1 is 1.47 bits per heavy atom. The number of likely N-dealkylation sites (tertiary alicyclic amines) is 1. The van der Waals surface area contributed by atoms with Gasteiger partial charge in [0.15, 0.2) is 6.61 Å². The van der Waals surface area contributed by atoms with Crippen LogP contribution in [0.5, 0.6) is 5.75 Å². The third-order valence-corrected chi connectivity index (χ3v) is 3.30. The van der Waals surface area contributed by atoms with Crippen LogP contribution in [0, 0.1) is 0 Å². The molecule has 0 aliphatic carbocycles. The highest BCUT2D eigenvalue weighted by molar-refractivity contribution is 5.75. The fraction of sp³-hybridized carbons (Fsp3) is 0.500. The van der Waals surface area contributed by atoms with E-state index in [1.54, 1.807) is 0 Å². The fourth-order valence-electron chi connectivity index (χ4n) is 2.22. The number of hydrogen-bond donors (Lipinski definition) is 2. The first kappa shape index (κ1) is 13.7. The maximum absolute atomic E-state index is 10.7. The van der Waals surface area contributed by atoms with Crippen LogP contribution < -0.4 is 15.8 Å². The number of anilines is 1. The van der Waals surface area contributed by atoms with Crippen LogP contribution in [0.3, 0.4) is 0 Å². The van der Waals surface area contributed by atoms with Crippen LogP contribution in [0.25, 0.3) is 0 Å². The molecule has 3 N–H and O–H groups in total. The highest BCUT2D eigenvalue weighted by Gasteiger charge is 2.16. The topological polar surface area (TPSA) is 67.6 Å². The van der Waals surface area contributed by atoms with Gasteiger partial charge in [0.05, 0.1) is 0 Å². The second-order valence-corrected chi connectivity index (χ2v) is 5.00. The number of nitrogens with two attached hydrogens (primary N) is 1. The van der Waals surface area contributed by atoms with Crippen molar-refractivity contribution in [2.45, 2.75) is 18.9 Å². The Labute approximate surface area is 113 Å². The van der Waals surface area contributed by atoms with Gasteiger partial charge < -0.3 is 20.7 Å². The number of carbonyl (C=O) groups is 1. The van der Waals surface area contributed by atoms with Crippen molar-refractivity contribution in [3.05, 3.63) is 24.3 Å². The van der Waals surface area contributed by atoms with Crippen molar-refractivity contribution in [1.82, 2.24) is 4.90 Å². The number of nitrogens with one attached hydrogen (secondary N) is 1. The summed E-state index contributed by atoms with van der Waals surface area (Å²) in [6, 6.07) is 8.15. The molecule has 1 aliphatic heterocycles. The number of piperidine rings is 1. The fourth-order valence-corrected chi connectivity index (χ4v) is 2.22. The van der Waals surface area contributed by atoms with Crippen LogP contribution in [-0.4, -0.2) is 43.6 Å². The molecule has 0 spiro atoms. The van der Waals surface area contributed by atoms with E-state index in [2.05, 4.69) is 17.3 Å². The summed E-state index contributed by atoms with van der Waals surface area (Å²) in [7, 11) is 2.15. The molecule has 1 aliphatic rings. The smallest absolute Gasteiger partial charge is 0.255 e. The number of carbonyl (C=O) groups excluding carboxylic acids is 1. The van der Waals surface area contributed by atoms with E-state index in [0.29, 0.717) is 11.8 Å². The average molecular weight is 263 g/mol. The number of amides is 1. The molecule has 0 atom stereocenters. The second kappa shape index (κ2) is 6.43. The lowest BCUT2D eigenvalue weighted by molar-refractivity contribution is -0.119. The molecule has 1 aromatic carbocycles. The summed E-state index contributed by atoms with van der Waals surface area (Å²) in [5.41, 5.74) is 6.08. The van der Waals surface area contributed by atoms with Crippen molar-refractivity contribution in [3.8, 4) is 5.75 Å². The Morgan fingerprint density at radius 3 is 2.89 bits per heavy atom. The SMILES string of the molecule is CN1CCC(Nc2cccc(OCC(N)=O)c2)CC1. The molecule has 104 valence electrons. The Balaban J connectivity index is 1.89. The molecule has 0 saturated carbocycles. The van der Waals surface area contributed by atoms with Gasteiger partial charge in [-0.05, 0) is 45.1 Å². The maximum atomic E-state index is 10.7. The molecule has 5 heteroatoms. The molecule has 1 amide bonds. The zero-order chi connectivity index (χ0) is 13.7. The Kier molecular flexibility index (Phi) is 4.63. The van der Waals surface area contributed by atoms with Crippen molar-refractivity contribution in [3.63, 3.8) is 0 Å². The van der Waals surface area contributed by atoms with Crippen LogP contribution >= 0.6 is 0 Å². The van der Waals surface area contributed by atoms with Crippen molar-refractivity contribution >= 4 is 11.6 Å². The van der Waals surface area contributed by atoms with Gasteiger partial charge in [0.2, 0.25) is 0 Å². The van der Waals surface area contributed by atoms with Gasteiger partial charge in [-0.25, -0.2) is 0 Å². The zero-order valence-electron chi connectivity index (χ0n) is 11.3. The Morgan fingerprint density at radius 2 is 2.21 bits per heavy atom. The van der Waals surface area contributed by atoms with Crippen LogP contribution in [0.15, 0.2) is 24.3 Å². The van der Waals surface area contributed by atoms with E-state index in [4.69, 9.17) is 10.5 Å². The molecule has 0 radical (unpaired) electrons.